The quantitative estimate of drug-likeness (QED) is 0.0824. The highest BCUT2D eigenvalue weighted by molar-refractivity contribution is 5.79. The average molecular weight is 767 g/mol. The highest BCUT2D eigenvalue weighted by atomic mass is 16.4. The van der Waals surface area contributed by atoms with Gasteiger partial charge in [0.1, 0.15) is 11.0 Å². The van der Waals surface area contributed by atoms with Crippen LogP contribution in [-0.2, 0) is 5.41 Å². The van der Waals surface area contributed by atoms with Crippen molar-refractivity contribution in [3.63, 3.8) is 0 Å². The van der Waals surface area contributed by atoms with Crippen molar-refractivity contribution in [1.82, 2.24) is 24.9 Å². The van der Waals surface area contributed by atoms with Crippen molar-refractivity contribution in [3.8, 4) is 22.9 Å². The van der Waals surface area contributed by atoms with Gasteiger partial charge in [0.05, 0.1) is 0 Å². The molecular formula is C47H58N8O2. The molecule has 0 amide bonds. The summed E-state index contributed by atoms with van der Waals surface area (Å²) in [5, 5.41) is 10.3. The topological polar surface area (TPSA) is 127 Å². The summed E-state index contributed by atoms with van der Waals surface area (Å²) < 4.78 is 12.3. The fourth-order valence-electron chi connectivity index (χ4n) is 6.68. The Balaban J connectivity index is 0.00000549. The average Bonchev–Trinajstić information content (AvgIpc) is 3.85. The van der Waals surface area contributed by atoms with Crippen LogP contribution >= 0.6 is 0 Å². The fraction of sp³-hybridized carbons (Fsp3) is 0.383. The SMILES string of the molecule is C.CCCCC(CC)CNc1nc(Nc2ccc(-c3nc4cc(C(C)CC)ccc4o3)cc2)nc(Nc2ccc(-c3nc4cc(C(C)(C)CC)ccc4o3)cc2)n1. The summed E-state index contributed by atoms with van der Waals surface area (Å²) in [6.07, 6.45) is 6.75. The second-order valence-corrected chi connectivity index (χ2v) is 15.5. The molecule has 0 spiro atoms. The summed E-state index contributed by atoms with van der Waals surface area (Å²) in [5.41, 5.74) is 9.33. The first-order valence-electron chi connectivity index (χ1n) is 20.2. The zero-order valence-electron chi connectivity index (χ0n) is 33.7. The van der Waals surface area contributed by atoms with Crippen LogP contribution in [0.25, 0.3) is 45.1 Å². The van der Waals surface area contributed by atoms with Gasteiger partial charge in [0.2, 0.25) is 29.6 Å². The second kappa shape index (κ2) is 18.0. The molecule has 2 atom stereocenters. The maximum absolute atomic E-state index is 6.15. The van der Waals surface area contributed by atoms with E-state index in [1.807, 2.05) is 60.7 Å². The van der Waals surface area contributed by atoms with Gasteiger partial charge in [0, 0.05) is 29.0 Å². The Bertz CT molecular complexity index is 2380. The number of oxazole rings is 2. The first kappa shape index (κ1) is 40.9. The van der Waals surface area contributed by atoms with Gasteiger partial charge in [0.25, 0.3) is 0 Å². The number of hydrogen-bond donors (Lipinski definition) is 3. The van der Waals surface area contributed by atoms with Crippen molar-refractivity contribution in [2.75, 3.05) is 22.5 Å². The van der Waals surface area contributed by atoms with Gasteiger partial charge in [-0.15, -0.1) is 0 Å². The molecule has 0 fully saturated rings. The van der Waals surface area contributed by atoms with Crippen LogP contribution in [0.1, 0.15) is 111 Å². The number of benzene rings is 4. The summed E-state index contributed by atoms with van der Waals surface area (Å²) in [6.45, 7) is 16.4. The van der Waals surface area contributed by atoms with E-state index in [9.17, 15) is 0 Å². The van der Waals surface area contributed by atoms with Crippen molar-refractivity contribution < 1.29 is 8.83 Å². The third-order valence-electron chi connectivity index (χ3n) is 11.1. The molecule has 0 saturated heterocycles. The molecule has 3 aromatic heterocycles. The van der Waals surface area contributed by atoms with E-state index in [1.54, 1.807) is 0 Å². The Morgan fingerprint density at radius 3 is 1.70 bits per heavy atom. The standard InChI is InChI=1S/C46H54N8O2.CH4/c1-8-12-13-30(10-3)28-47-43-52-44(48-35-20-14-31(15-21-35)41-50-37-26-33(29(5)9-2)18-24-39(37)55-41)54-45(53-43)49-36-22-16-32(17-23-36)42-51-38-27-34(46(6,7)11-4)19-25-40(38)56-42;/h14-27,29-30H,8-13,28H2,1-7H3,(H3,47,48,49,52,53,54);1H4. The molecule has 2 unspecified atom stereocenters. The third kappa shape index (κ3) is 9.62. The molecule has 0 radical (unpaired) electrons. The zero-order valence-corrected chi connectivity index (χ0v) is 33.7. The molecule has 0 aliphatic heterocycles. The van der Waals surface area contributed by atoms with Crippen LogP contribution in [0.3, 0.4) is 0 Å². The third-order valence-corrected chi connectivity index (χ3v) is 11.1. The van der Waals surface area contributed by atoms with Gasteiger partial charge in [-0.3, -0.25) is 0 Å². The second-order valence-electron chi connectivity index (χ2n) is 15.5. The van der Waals surface area contributed by atoms with Crippen molar-refractivity contribution in [2.24, 2.45) is 5.92 Å². The molecule has 3 heterocycles. The van der Waals surface area contributed by atoms with Crippen LogP contribution in [0.5, 0.6) is 0 Å². The summed E-state index contributed by atoms with van der Waals surface area (Å²) >= 11 is 0. The van der Waals surface area contributed by atoms with E-state index in [0.29, 0.717) is 41.5 Å². The minimum absolute atomic E-state index is 0. The lowest BCUT2D eigenvalue weighted by Gasteiger charge is -2.22. The molecule has 0 saturated carbocycles. The van der Waals surface area contributed by atoms with Gasteiger partial charge in [-0.05, 0) is 120 Å². The molecule has 298 valence electrons. The van der Waals surface area contributed by atoms with Gasteiger partial charge in [-0.2, -0.15) is 15.0 Å². The van der Waals surface area contributed by atoms with E-state index >= 15 is 0 Å². The molecule has 0 aliphatic rings. The van der Waals surface area contributed by atoms with Crippen LogP contribution in [0.15, 0.2) is 93.8 Å². The van der Waals surface area contributed by atoms with E-state index < -0.39 is 0 Å². The van der Waals surface area contributed by atoms with Crippen LogP contribution < -0.4 is 16.0 Å². The molecule has 7 rings (SSSR count). The van der Waals surface area contributed by atoms with Crippen LogP contribution in [0, 0.1) is 5.92 Å². The van der Waals surface area contributed by atoms with Crippen molar-refractivity contribution in [1.29, 1.82) is 0 Å². The van der Waals surface area contributed by atoms with Crippen molar-refractivity contribution >= 4 is 51.4 Å². The Morgan fingerprint density at radius 1 is 0.632 bits per heavy atom. The molecule has 7 aromatic rings. The van der Waals surface area contributed by atoms with Crippen LogP contribution in [0.4, 0.5) is 29.2 Å². The number of nitrogens with zero attached hydrogens (tertiary/aromatic N) is 5. The van der Waals surface area contributed by atoms with E-state index in [1.165, 1.54) is 24.0 Å². The lowest BCUT2D eigenvalue weighted by Crippen LogP contribution is -2.16. The van der Waals surface area contributed by atoms with Crippen molar-refractivity contribution in [3.05, 3.63) is 96.1 Å². The van der Waals surface area contributed by atoms with E-state index in [2.05, 4.69) is 88.7 Å². The number of hydrogen-bond acceptors (Lipinski definition) is 10. The molecule has 3 N–H and O–H groups in total. The molecule has 4 aromatic carbocycles. The largest absolute Gasteiger partial charge is 0.436 e. The number of anilines is 5. The minimum Gasteiger partial charge on any atom is -0.436 e. The number of rotatable bonds is 17. The summed E-state index contributed by atoms with van der Waals surface area (Å²) in [6, 6.07) is 28.5. The van der Waals surface area contributed by atoms with Crippen LogP contribution in [-0.4, -0.2) is 31.5 Å². The highest BCUT2D eigenvalue weighted by Crippen LogP contribution is 2.33. The Hall–Kier alpha value is -5.77. The Labute approximate surface area is 337 Å². The minimum atomic E-state index is 0. The number of nitrogens with one attached hydrogen (secondary N) is 3. The Kier molecular flexibility index (Phi) is 12.9. The molecule has 10 nitrogen and oxygen atoms in total. The predicted molar refractivity (Wildman–Crippen MR) is 236 cm³/mol. The normalized spacial score (nSPS) is 12.7. The smallest absolute Gasteiger partial charge is 0.233 e. The maximum Gasteiger partial charge on any atom is 0.233 e. The maximum atomic E-state index is 6.15. The van der Waals surface area contributed by atoms with Gasteiger partial charge >= 0.3 is 0 Å². The van der Waals surface area contributed by atoms with Gasteiger partial charge < -0.3 is 24.8 Å². The molecule has 0 aliphatic carbocycles. The summed E-state index contributed by atoms with van der Waals surface area (Å²) in [5.74, 6) is 3.53. The molecule has 10 heteroatoms. The molecule has 57 heavy (non-hydrogen) atoms. The zero-order chi connectivity index (χ0) is 39.2. The lowest BCUT2D eigenvalue weighted by atomic mass is 9.82. The van der Waals surface area contributed by atoms with E-state index in [0.717, 1.165) is 76.9 Å². The first-order chi connectivity index (χ1) is 27.1. The van der Waals surface area contributed by atoms with E-state index in [4.69, 9.17) is 33.8 Å². The molecular weight excluding hydrogens is 709 g/mol. The summed E-state index contributed by atoms with van der Waals surface area (Å²) in [4.78, 5) is 23.9. The van der Waals surface area contributed by atoms with Gasteiger partial charge in [0.15, 0.2) is 11.2 Å². The fourth-order valence-corrected chi connectivity index (χ4v) is 6.68. The highest BCUT2D eigenvalue weighted by Gasteiger charge is 2.20. The van der Waals surface area contributed by atoms with Crippen LogP contribution in [0.2, 0.25) is 0 Å². The van der Waals surface area contributed by atoms with Gasteiger partial charge in [-0.1, -0.05) is 87.3 Å². The monoisotopic (exact) mass is 766 g/mol. The Morgan fingerprint density at radius 2 is 1.18 bits per heavy atom. The molecule has 0 bridgehead atoms. The van der Waals surface area contributed by atoms with Gasteiger partial charge in [-0.25, -0.2) is 9.97 Å². The first-order valence-corrected chi connectivity index (χ1v) is 20.2. The lowest BCUT2D eigenvalue weighted by molar-refractivity contribution is 0.472. The van der Waals surface area contributed by atoms with Crippen molar-refractivity contribution in [2.45, 2.75) is 106 Å². The summed E-state index contributed by atoms with van der Waals surface area (Å²) in [7, 11) is 0. The number of aromatic nitrogens is 5. The number of unbranched alkanes of at least 4 members (excludes halogenated alkanes) is 1. The number of fused-ring (bicyclic) bond motifs is 2. The predicted octanol–water partition coefficient (Wildman–Crippen LogP) is 13.4. The van der Waals surface area contributed by atoms with E-state index in [-0.39, 0.29) is 12.8 Å².